The third kappa shape index (κ3) is 5.05. The molecule has 0 spiro atoms. The summed E-state index contributed by atoms with van der Waals surface area (Å²) in [6.45, 7) is 5.80. The quantitative estimate of drug-likeness (QED) is 0.506. The zero-order chi connectivity index (χ0) is 26.3. The minimum absolute atomic E-state index is 0.252. The number of methoxy groups -OCH3 is 1. The van der Waals surface area contributed by atoms with Crippen molar-refractivity contribution >= 4 is 17.1 Å². The average molecular weight is 507 g/mol. The summed E-state index contributed by atoms with van der Waals surface area (Å²) >= 11 is 0. The fraction of sp³-hybridized carbons (Fsp3) is 0.480. The lowest BCUT2D eigenvalue weighted by atomic mass is 10.0. The van der Waals surface area contributed by atoms with Gasteiger partial charge in [-0.15, -0.1) is 0 Å². The maximum Gasteiger partial charge on any atom is 0.418 e. The van der Waals surface area contributed by atoms with Crippen molar-refractivity contribution in [2.45, 2.75) is 58.0 Å². The molecule has 2 aromatic heterocycles. The van der Waals surface area contributed by atoms with Crippen LogP contribution in [0.15, 0.2) is 41.3 Å². The number of nitrogens with zero attached hydrogens (tertiary/aromatic N) is 4. The minimum atomic E-state index is -4.61. The van der Waals surface area contributed by atoms with Crippen molar-refractivity contribution in [2.24, 2.45) is 0 Å². The van der Waals surface area contributed by atoms with Gasteiger partial charge in [0.1, 0.15) is 16.9 Å². The van der Waals surface area contributed by atoms with Crippen LogP contribution in [-0.2, 0) is 17.5 Å². The number of benzene rings is 1. The Balaban J connectivity index is 1.72. The topological polar surface area (TPSA) is 78.6 Å². The van der Waals surface area contributed by atoms with Crippen LogP contribution < -0.4 is 10.4 Å². The number of halogens is 3. The van der Waals surface area contributed by atoms with E-state index in [0.29, 0.717) is 42.7 Å². The summed E-state index contributed by atoms with van der Waals surface area (Å²) in [4.78, 5) is 31.7. The lowest BCUT2D eigenvalue weighted by Gasteiger charge is -2.33. The van der Waals surface area contributed by atoms with Gasteiger partial charge in [-0.25, -0.2) is 9.59 Å². The van der Waals surface area contributed by atoms with Gasteiger partial charge < -0.3 is 14.4 Å². The van der Waals surface area contributed by atoms with Crippen LogP contribution >= 0.6 is 0 Å². The lowest BCUT2D eigenvalue weighted by Crippen LogP contribution is -2.43. The van der Waals surface area contributed by atoms with Gasteiger partial charge in [-0.05, 0) is 57.9 Å². The molecular weight excluding hydrogens is 477 g/mol. The first-order valence-corrected chi connectivity index (χ1v) is 11.7. The van der Waals surface area contributed by atoms with Gasteiger partial charge in [-0.1, -0.05) is 6.07 Å². The molecule has 0 unspecified atom stereocenters. The molecule has 1 amide bonds. The molecule has 11 heteroatoms. The highest BCUT2D eigenvalue weighted by atomic mass is 19.4. The first kappa shape index (κ1) is 25.6. The predicted octanol–water partition coefficient (Wildman–Crippen LogP) is 4.85. The Hall–Kier alpha value is -3.50. The summed E-state index contributed by atoms with van der Waals surface area (Å²) < 4.78 is 54.6. The fourth-order valence-corrected chi connectivity index (χ4v) is 4.57. The monoisotopic (exact) mass is 506 g/mol. The van der Waals surface area contributed by atoms with E-state index in [2.05, 4.69) is 4.98 Å². The Morgan fingerprint density at radius 3 is 2.42 bits per heavy atom. The molecule has 36 heavy (non-hydrogen) atoms. The van der Waals surface area contributed by atoms with E-state index in [9.17, 15) is 22.8 Å². The van der Waals surface area contributed by atoms with E-state index in [-0.39, 0.29) is 18.3 Å². The molecule has 0 bridgehead atoms. The van der Waals surface area contributed by atoms with Crippen molar-refractivity contribution in [3.63, 3.8) is 0 Å². The summed E-state index contributed by atoms with van der Waals surface area (Å²) in [5, 5.41) is 0. The van der Waals surface area contributed by atoms with E-state index in [1.165, 1.54) is 23.9 Å². The van der Waals surface area contributed by atoms with Gasteiger partial charge in [0, 0.05) is 25.3 Å². The first-order chi connectivity index (χ1) is 16.9. The second kappa shape index (κ2) is 9.51. The number of hydrogen-bond acceptors (Lipinski definition) is 5. The molecule has 1 saturated heterocycles. The number of fused-ring (bicyclic) bond motifs is 1. The third-order valence-corrected chi connectivity index (χ3v) is 6.15. The molecule has 0 saturated carbocycles. The summed E-state index contributed by atoms with van der Waals surface area (Å²) in [7, 11) is 1.45. The Morgan fingerprint density at radius 2 is 1.81 bits per heavy atom. The number of piperidine rings is 1. The number of para-hydroxylation sites is 1. The Bertz CT molecular complexity index is 1320. The zero-order valence-electron chi connectivity index (χ0n) is 20.6. The Kier molecular flexibility index (Phi) is 6.76. The van der Waals surface area contributed by atoms with Crippen LogP contribution in [0.2, 0.25) is 0 Å². The van der Waals surface area contributed by atoms with Crippen molar-refractivity contribution in [2.75, 3.05) is 20.2 Å². The van der Waals surface area contributed by atoms with Gasteiger partial charge in [0.25, 0.3) is 0 Å². The highest BCUT2D eigenvalue weighted by molar-refractivity contribution is 5.83. The number of imidazole rings is 1. The van der Waals surface area contributed by atoms with Crippen LogP contribution in [0.4, 0.5) is 18.0 Å². The van der Waals surface area contributed by atoms with E-state index in [0.717, 1.165) is 6.07 Å². The molecule has 0 N–H and O–H groups in total. The molecule has 1 aromatic carbocycles. The van der Waals surface area contributed by atoms with E-state index in [1.807, 2.05) is 0 Å². The number of carbonyl (C=O) groups excluding carboxylic acids is 1. The molecule has 1 aliphatic heterocycles. The zero-order valence-corrected chi connectivity index (χ0v) is 20.6. The molecule has 3 heterocycles. The Morgan fingerprint density at radius 1 is 1.11 bits per heavy atom. The van der Waals surface area contributed by atoms with Crippen LogP contribution in [0.1, 0.15) is 50.9 Å². The number of pyridine rings is 1. The van der Waals surface area contributed by atoms with Crippen LogP contribution in [0.5, 0.6) is 5.75 Å². The van der Waals surface area contributed by atoms with Crippen LogP contribution in [0.3, 0.4) is 0 Å². The lowest BCUT2D eigenvalue weighted by molar-refractivity contribution is -0.138. The van der Waals surface area contributed by atoms with Crippen molar-refractivity contribution in [3.8, 4) is 5.75 Å². The molecule has 1 fully saturated rings. The maximum atomic E-state index is 13.7. The van der Waals surface area contributed by atoms with Crippen molar-refractivity contribution in [1.29, 1.82) is 0 Å². The van der Waals surface area contributed by atoms with E-state index in [4.69, 9.17) is 9.47 Å². The molecular formula is C25H29F3N4O4. The summed E-state index contributed by atoms with van der Waals surface area (Å²) in [5.41, 5.74) is -1.26. The molecule has 0 aliphatic carbocycles. The van der Waals surface area contributed by atoms with Crippen LogP contribution in [0, 0.1) is 0 Å². The predicted molar refractivity (Wildman–Crippen MR) is 127 cm³/mol. The number of rotatable bonds is 4. The summed E-state index contributed by atoms with van der Waals surface area (Å²) in [5.74, 6) is 0.374. The van der Waals surface area contributed by atoms with E-state index >= 15 is 0 Å². The number of carbonyl (C=O) groups is 1. The SMILES string of the molecule is COc1cccc2c1n(Cc1ncccc1C(F)(F)F)c(=O)n2C1CCN(C(=O)OC(C)(C)C)CC1. The van der Waals surface area contributed by atoms with Crippen LogP contribution in [0.25, 0.3) is 11.0 Å². The maximum absolute atomic E-state index is 13.7. The average Bonchev–Trinajstić information content (AvgIpc) is 3.09. The van der Waals surface area contributed by atoms with Crippen molar-refractivity contribution in [1.82, 2.24) is 19.0 Å². The second-order valence-electron chi connectivity index (χ2n) is 9.76. The molecule has 4 rings (SSSR count). The van der Waals surface area contributed by atoms with Crippen molar-refractivity contribution in [3.05, 3.63) is 58.3 Å². The Labute approximate surface area is 206 Å². The van der Waals surface area contributed by atoms with Gasteiger partial charge in [-0.2, -0.15) is 13.2 Å². The molecule has 0 radical (unpaired) electrons. The van der Waals surface area contributed by atoms with Gasteiger partial charge >= 0.3 is 18.0 Å². The highest BCUT2D eigenvalue weighted by Crippen LogP contribution is 2.34. The van der Waals surface area contributed by atoms with Gasteiger partial charge in [0.2, 0.25) is 0 Å². The van der Waals surface area contributed by atoms with Gasteiger partial charge in [-0.3, -0.25) is 14.1 Å². The third-order valence-electron chi connectivity index (χ3n) is 6.15. The fourth-order valence-electron chi connectivity index (χ4n) is 4.57. The standard InChI is InChI=1S/C25H29F3N4O4/c1-24(2,3)36-23(34)30-13-10-16(11-14-30)32-19-8-5-9-20(35-4)21(19)31(22(32)33)15-18-17(25(26,27)28)7-6-12-29-18/h5-9,12,16H,10-11,13-15H2,1-4H3. The number of amides is 1. The molecule has 194 valence electrons. The molecule has 0 atom stereocenters. The number of hydrogen-bond donors (Lipinski definition) is 0. The number of ether oxygens (including phenoxy) is 2. The van der Waals surface area contributed by atoms with Gasteiger partial charge in [0.15, 0.2) is 0 Å². The first-order valence-electron chi connectivity index (χ1n) is 11.7. The minimum Gasteiger partial charge on any atom is -0.494 e. The van der Waals surface area contributed by atoms with Crippen molar-refractivity contribution < 1.29 is 27.4 Å². The molecule has 1 aliphatic rings. The molecule has 3 aromatic rings. The second-order valence-corrected chi connectivity index (χ2v) is 9.76. The van der Waals surface area contributed by atoms with E-state index in [1.54, 1.807) is 48.4 Å². The normalized spacial score (nSPS) is 15.4. The highest BCUT2D eigenvalue weighted by Gasteiger charge is 2.35. The largest absolute Gasteiger partial charge is 0.494 e. The van der Waals surface area contributed by atoms with E-state index < -0.39 is 29.1 Å². The molecule has 8 nitrogen and oxygen atoms in total. The van der Waals surface area contributed by atoms with Gasteiger partial charge in [0.05, 0.1) is 30.4 Å². The number of likely N-dealkylation sites (tertiary alicyclic amines) is 1. The number of aromatic nitrogens is 3. The number of alkyl halides is 3. The smallest absolute Gasteiger partial charge is 0.418 e. The summed E-state index contributed by atoms with van der Waals surface area (Å²) in [6, 6.07) is 7.07. The summed E-state index contributed by atoms with van der Waals surface area (Å²) in [6.07, 6.45) is -2.75. The van der Waals surface area contributed by atoms with Crippen LogP contribution in [-0.4, -0.2) is 50.9 Å².